The highest BCUT2D eigenvalue weighted by atomic mass is 16.5. The van der Waals surface area contributed by atoms with Crippen molar-refractivity contribution in [1.82, 2.24) is 0 Å². The minimum Gasteiger partial charge on any atom is -0.493 e. The number of hydrogen-bond donors (Lipinski definition) is 1. The van der Waals surface area contributed by atoms with Gasteiger partial charge in [0, 0.05) is 12.3 Å². The molecule has 1 fully saturated rings. The first-order valence-corrected chi connectivity index (χ1v) is 8.12. The molecular weight excluding hydrogens is 324 g/mol. The molecule has 1 N–H and O–H groups in total. The fourth-order valence-electron chi connectivity index (χ4n) is 3.97. The zero-order chi connectivity index (χ0) is 18.9. The van der Waals surface area contributed by atoms with Gasteiger partial charge in [0.2, 0.25) is 0 Å². The summed E-state index contributed by atoms with van der Waals surface area (Å²) >= 11 is 0. The normalized spacial score (nSPS) is 29.2. The van der Waals surface area contributed by atoms with Gasteiger partial charge in [-0.2, -0.15) is 0 Å². The van der Waals surface area contributed by atoms with Crippen LogP contribution in [-0.2, 0) is 14.4 Å². The van der Waals surface area contributed by atoms with Gasteiger partial charge in [-0.15, -0.1) is 0 Å². The van der Waals surface area contributed by atoms with E-state index in [1.165, 1.54) is 35.0 Å². The van der Waals surface area contributed by atoms with E-state index >= 15 is 0 Å². The standard InChI is InChI=1S/C19H24O6/c1-10(20)16-13(22)9-19(3,23)18(11(2)21)17(16)12-6-7-14(24-4)15(8-12)25-5/h6-8,16-18,23H,9H2,1-5H3/t16-,17-,18-,19-/m0/s1. The SMILES string of the molecule is COc1ccc([C@H]2[C@@H](C(C)=O)C(=O)C[C@](C)(O)[C@H]2C(C)=O)cc1OC. The molecule has 1 aromatic carbocycles. The van der Waals surface area contributed by atoms with Crippen LogP contribution in [0, 0.1) is 11.8 Å². The molecule has 2 rings (SSSR count). The summed E-state index contributed by atoms with van der Waals surface area (Å²) in [6.07, 6.45) is -0.217. The van der Waals surface area contributed by atoms with Crippen LogP contribution in [0.25, 0.3) is 0 Å². The Balaban J connectivity index is 2.66. The summed E-state index contributed by atoms with van der Waals surface area (Å²) in [5.74, 6) is -2.57. The number of carbonyl (C=O) groups is 3. The van der Waals surface area contributed by atoms with E-state index < -0.39 is 23.4 Å². The molecule has 1 aliphatic carbocycles. The molecule has 0 saturated heterocycles. The van der Waals surface area contributed by atoms with Crippen molar-refractivity contribution in [2.75, 3.05) is 14.2 Å². The highest BCUT2D eigenvalue weighted by Gasteiger charge is 2.53. The van der Waals surface area contributed by atoms with E-state index in [-0.39, 0.29) is 23.8 Å². The third-order valence-corrected chi connectivity index (χ3v) is 4.94. The van der Waals surface area contributed by atoms with E-state index in [0.29, 0.717) is 17.1 Å². The first kappa shape index (κ1) is 19.1. The fraction of sp³-hybridized carbons (Fsp3) is 0.526. The second-order valence-electron chi connectivity index (χ2n) is 6.82. The number of rotatable bonds is 5. The van der Waals surface area contributed by atoms with Crippen LogP contribution in [0.15, 0.2) is 18.2 Å². The van der Waals surface area contributed by atoms with Crippen LogP contribution >= 0.6 is 0 Å². The van der Waals surface area contributed by atoms with Crippen molar-refractivity contribution in [3.63, 3.8) is 0 Å². The quantitative estimate of drug-likeness (QED) is 0.818. The lowest BCUT2D eigenvalue weighted by molar-refractivity contribution is -0.151. The Hall–Kier alpha value is -2.21. The van der Waals surface area contributed by atoms with Crippen molar-refractivity contribution in [1.29, 1.82) is 0 Å². The van der Waals surface area contributed by atoms with Crippen LogP contribution in [0.1, 0.15) is 38.7 Å². The van der Waals surface area contributed by atoms with Crippen molar-refractivity contribution in [2.45, 2.75) is 38.7 Å². The minimum atomic E-state index is -1.51. The molecule has 25 heavy (non-hydrogen) atoms. The zero-order valence-corrected chi connectivity index (χ0v) is 15.2. The maximum absolute atomic E-state index is 12.5. The smallest absolute Gasteiger partial charge is 0.160 e. The summed E-state index contributed by atoms with van der Waals surface area (Å²) in [6, 6.07) is 5.02. The molecule has 0 unspecified atom stereocenters. The van der Waals surface area contributed by atoms with Gasteiger partial charge in [0.15, 0.2) is 11.5 Å². The largest absolute Gasteiger partial charge is 0.493 e. The number of ether oxygens (including phenoxy) is 2. The van der Waals surface area contributed by atoms with Crippen molar-refractivity contribution >= 4 is 17.3 Å². The molecule has 0 amide bonds. The third-order valence-electron chi connectivity index (χ3n) is 4.94. The highest BCUT2D eigenvalue weighted by Crippen LogP contribution is 2.47. The van der Waals surface area contributed by atoms with Crippen LogP contribution < -0.4 is 9.47 Å². The molecule has 136 valence electrons. The molecule has 1 aromatic rings. The monoisotopic (exact) mass is 348 g/mol. The number of aliphatic hydroxyl groups is 1. The molecule has 0 heterocycles. The topological polar surface area (TPSA) is 89.9 Å². The van der Waals surface area contributed by atoms with E-state index in [9.17, 15) is 19.5 Å². The molecule has 0 spiro atoms. The third kappa shape index (κ3) is 3.44. The summed E-state index contributed by atoms with van der Waals surface area (Å²) in [6.45, 7) is 4.19. The van der Waals surface area contributed by atoms with Crippen LogP contribution in [-0.4, -0.2) is 42.3 Å². The first-order valence-electron chi connectivity index (χ1n) is 8.12. The molecular formula is C19H24O6. The van der Waals surface area contributed by atoms with Crippen molar-refractivity contribution in [3.8, 4) is 11.5 Å². The molecule has 6 nitrogen and oxygen atoms in total. The maximum atomic E-state index is 12.5. The number of ketones is 3. The lowest BCUT2D eigenvalue weighted by Crippen LogP contribution is -2.53. The van der Waals surface area contributed by atoms with E-state index in [0.717, 1.165) is 0 Å². The predicted octanol–water partition coefficient (Wildman–Crippen LogP) is 1.92. The molecule has 1 aliphatic rings. The highest BCUT2D eigenvalue weighted by molar-refractivity contribution is 6.05. The second kappa shape index (κ2) is 6.96. The Morgan fingerprint density at radius 3 is 2.20 bits per heavy atom. The molecule has 1 saturated carbocycles. The number of carbonyl (C=O) groups excluding carboxylic acids is 3. The van der Waals surface area contributed by atoms with Gasteiger partial charge in [0.1, 0.15) is 17.3 Å². The number of hydrogen-bond acceptors (Lipinski definition) is 6. The Morgan fingerprint density at radius 2 is 1.72 bits per heavy atom. The molecule has 4 atom stereocenters. The van der Waals surface area contributed by atoms with E-state index in [1.807, 2.05) is 0 Å². The predicted molar refractivity (Wildman–Crippen MR) is 90.9 cm³/mol. The van der Waals surface area contributed by atoms with Crippen LogP contribution in [0.4, 0.5) is 0 Å². The van der Waals surface area contributed by atoms with Gasteiger partial charge >= 0.3 is 0 Å². The average Bonchev–Trinajstić information content (AvgIpc) is 2.51. The van der Waals surface area contributed by atoms with E-state index in [1.54, 1.807) is 18.2 Å². The first-order chi connectivity index (χ1) is 11.6. The van der Waals surface area contributed by atoms with Crippen molar-refractivity contribution < 1.29 is 29.0 Å². The molecule has 0 bridgehead atoms. The minimum absolute atomic E-state index is 0.217. The van der Waals surface area contributed by atoms with Gasteiger partial charge < -0.3 is 14.6 Å². The van der Waals surface area contributed by atoms with Gasteiger partial charge in [0.25, 0.3) is 0 Å². The molecule has 0 aliphatic heterocycles. The lowest BCUT2D eigenvalue weighted by Gasteiger charge is -2.44. The molecule has 0 aromatic heterocycles. The van der Waals surface area contributed by atoms with Gasteiger partial charge in [-0.1, -0.05) is 6.07 Å². The Kier molecular flexibility index (Phi) is 5.32. The number of Topliss-reactive ketones (excluding diaryl/α,β-unsaturated/α-hetero) is 3. The Morgan fingerprint density at radius 1 is 1.12 bits per heavy atom. The second-order valence-corrected chi connectivity index (χ2v) is 6.82. The summed E-state index contributed by atoms with van der Waals surface area (Å²) in [4.78, 5) is 37.0. The van der Waals surface area contributed by atoms with Crippen LogP contribution in [0.2, 0.25) is 0 Å². The van der Waals surface area contributed by atoms with E-state index in [2.05, 4.69) is 0 Å². The molecule has 6 heteroatoms. The number of benzene rings is 1. The maximum Gasteiger partial charge on any atom is 0.160 e. The summed E-state index contributed by atoms with van der Waals surface area (Å²) in [5, 5.41) is 10.7. The Labute approximate surface area is 147 Å². The van der Waals surface area contributed by atoms with Crippen molar-refractivity contribution in [2.24, 2.45) is 11.8 Å². The summed E-state index contributed by atoms with van der Waals surface area (Å²) in [5.41, 5.74) is -0.918. The summed E-state index contributed by atoms with van der Waals surface area (Å²) < 4.78 is 10.5. The molecule has 0 radical (unpaired) electrons. The van der Waals surface area contributed by atoms with Crippen LogP contribution in [0.5, 0.6) is 11.5 Å². The van der Waals surface area contributed by atoms with Crippen molar-refractivity contribution in [3.05, 3.63) is 23.8 Å². The van der Waals surface area contributed by atoms with Gasteiger partial charge in [-0.3, -0.25) is 14.4 Å². The van der Waals surface area contributed by atoms with Gasteiger partial charge in [-0.25, -0.2) is 0 Å². The van der Waals surface area contributed by atoms with E-state index in [4.69, 9.17) is 9.47 Å². The van der Waals surface area contributed by atoms with Crippen LogP contribution in [0.3, 0.4) is 0 Å². The van der Waals surface area contributed by atoms with Gasteiger partial charge in [0.05, 0.1) is 31.7 Å². The van der Waals surface area contributed by atoms with Gasteiger partial charge in [-0.05, 0) is 38.5 Å². The number of methoxy groups -OCH3 is 2. The zero-order valence-electron chi connectivity index (χ0n) is 15.2. The Bertz CT molecular complexity index is 706. The fourth-order valence-corrected chi connectivity index (χ4v) is 3.97. The lowest BCUT2D eigenvalue weighted by atomic mass is 9.60. The summed E-state index contributed by atoms with van der Waals surface area (Å²) in [7, 11) is 2.98. The average molecular weight is 348 g/mol.